The Morgan fingerprint density at radius 1 is 1.47 bits per heavy atom. The Kier molecular flexibility index (Phi) is 4.50. The zero-order valence-electron chi connectivity index (χ0n) is 10.7. The number of benzene rings is 1. The fourth-order valence-electron chi connectivity index (χ4n) is 2.04. The molecule has 1 aromatic rings. The Bertz CT molecular complexity index is 459. The van der Waals surface area contributed by atoms with Gasteiger partial charge in [0, 0.05) is 18.1 Å². The summed E-state index contributed by atoms with van der Waals surface area (Å²) in [4.78, 5) is 13.8. The number of nitrogens with zero attached hydrogens (tertiary/aromatic N) is 1. The van der Waals surface area contributed by atoms with Crippen LogP contribution in [0, 0.1) is 0 Å². The second-order valence-corrected chi connectivity index (χ2v) is 4.93. The van der Waals surface area contributed by atoms with Crippen LogP contribution in [0.2, 0.25) is 5.02 Å². The summed E-state index contributed by atoms with van der Waals surface area (Å²) in [5.74, 6) is 0.565. The average Bonchev–Trinajstić information content (AvgIpc) is 2.39. The molecule has 5 nitrogen and oxygen atoms in total. The van der Waals surface area contributed by atoms with Crippen LogP contribution in [0.25, 0.3) is 0 Å². The highest BCUT2D eigenvalue weighted by molar-refractivity contribution is 6.31. The summed E-state index contributed by atoms with van der Waals surface area (Å²) in [6.07, 6.45) is 0.921. The van der Waals surface area contributed by atoms with Crippen molar-refractivity contribution in [2.24, 2.45) is 0 Å². The summed E-state index contributed by atoms with van der Waals surface area (Å²) in [5, 5.41) is 12.7. The van der Waals surface area contributed by atoms with Gasteiger partial charge in [0.1, 0.15) is 5.75 Å². The number of anilines is 1. The van der Waals surface area contributed by atoms with Gasteiger partial charge < -0.3 is 20.1 Å². The lowest BCUT2D eigenvalue weighted by Gasteiger charge is -2.29. The summed E-state index contributed by atoms with van der Waals surface area (Å²) in [6.45, 7) is 1.10. The van der Waals surface area contributed by atoms with Gasteiger partial charge in [0.05, 0.1) is 18.9 Å². The Balaban J connectivity index is 2.04. The lowest BCUT2D eigenvalue weighted by atomic mass is 10.1. The fourth-order valence-corrected chi connectivity index (χ4v) is 2.21. The summed E-state index contributed by atoms with van der Waals surface area (Å²) in [5.41, 5.74) is 0.547. The maximum atomic E-state index is 12.1. The summed E-state index contributed by atoms with van der Waals surface area (Å²) < 4.78 is 5.17. The average molecular weight is 285 g/mol. The number of urea groups is 1. The highest BCUT2D eigenvalue weighted by Crippen LogP contribution is 2.28. The minimum atomic E-state index is -0.301. The Morgan fingerprint density at radius 3 is 2.79 bits per heavy atom. The maximum Gasteiger partial charge on any atom is 0.321 e. The summed E-state index contributed by atoms with van der Waals surface area (Å²) >= 11 is 5.91. The van der Waals surface area contributed by atoms with Crippen molar-refractivity contribution in [3.8, 4) is 5.75 Å². The zero-order chi connectivity index (χ0) is 13.8. The van der Waals surface area contributed by atoms with E-state index >= 15 is 0 Å². The first-order valence-corrected chi connectivity index (χ1v) is 6.55. The molecular weight excluding hydrogens is 268 g/mol. The van der Waals surface area contributed by atoms with Gasteiger partial charge in [-0.15, -0.1) is 0 Å². The molecule has 1 aromatic carbocycles. The van der Waals surface area contributed by atoms with Crippen molar-refractivity contribution in [2.75, 3.05) is 25.5 Å². The fraction of sp³-hybridized carbons (Fsp3) is 0.462. The number of rotatable bonds is 2. The van der Waals surface area contributed by atoms with Crippen LogP contribution in [0.3, 0.4) is 0 Å². The maximum absolute atomic E-state index is 12.1. The minimum absolute atomic E-state index is 0.201. The number of halogens is 1. The lowest BCUT2D eigenvalue weighted by molar-refractivity contribution is 0.0972. The quantitative estimate of drug-likeness (QED) is 0.876. The van der Waals surface area contributed by atoms with Crippen LogP contribution in [0.4, 0.5) is 10.5 Å². The Morgan fingerprint density at radius 2 is 2.16 bits per heavy atom. The molecule has 1 aliphatic rings. The molecule has 1 saturated heterocycles. The van der Waals surface area contributed by atoms with Gasteiger partial charge in [-0.3, -0.25) is 0 Å². The minimum Gasteiger partial charge on any atom is -0.495 e. The predicted molar refractivity (Wildman–Crippen MR) is 73.8 cm³/mol. The summed E-state index contributed by atoms with van der Waals surface area (Å²) in [6, 6.07) is 4.86. The molecule has 2 rings (SSSR count). The molecule has 1 fully saturated rings. The van der Waals surface area contributed by atoms with Gasteiger partial charge >= 0.3 is 6.03 Å². The molecule has 2 N–H and O–H groups in total. The highest BCUT2D eigenvalue weighted by Gasteiger charge is 2.21. The predicted octanol–water partition coefficient (Wildman–Crippen LogP) is 2.34. The number of ether oxygens (including phenoxy) is 1. The van der Waals surface area contributed by atoms with E-state index in [0.717, 1.165) is 0 Å². The van der Waals surface area contributed by atoms with Crippen molar-refractivity contribution in [3.63, 3.8) is 0 Å². The Labute approximate surface area is 117 Å². The van der Waals surface area contributed by atoms with Crippen molar-refractivity contribution in [1.82, 2.24) is 4.90 Å². The van der Waals surface area contributed by atoms with E-state index in [1.165, 1.54) is 7.11 Å². The third-order valence-corrected chi connectivity index (χ3v) is 3.39. The van der Waals surface area contributed by atoms with Crippen LogP contribution in [-0.4, -0.2) is 42.3 Å². The van der Waals surface area contributed by atoms with Crippen LogP contribution < -0.4 is 10.1 Å². The summed E-state index contributed by atoms with van der Waals surface area (Å²) in [7, 11) is 1.54. The molecule has 19 heavy (non-hydrogen) atoms. The molecule has 0 aromatic heterocycles. The molecule has 1 heterocycles. The number of hydrogen-bond donors (Lipinski definition) is 2. The molecule has 0 saturated carbocycles. The number of likely N-dealkylation sites (tertiary alicyclic amines) is 1. The van der Waals surface area contributed by atoms with Crippen molar-refractivity contribution < 1.29 is 14.6 Å². The van der Waals surface area contributed by atoms with Gasteiger partial charge in [-0.05, 0) is 31.0 Å². The van der Waals surface area contributed by atoms with Crippen molar-refractivity contribution in [1.29, 1.82) is 0 Å². The number of methoxy groups -OCH3 is 1. The number of nitrogens with one attached hydrogen (secondary N) is 1. The number of carbonyl (C=O) groups excluding carboxylic acids is 1. The number of hydrogen-bond acceptors (Lipinski definition) is 3. The smallest absolute Gasteiger partial charge is 0.321 e. The van der Waals surface area contributed by atoms with E-state index in [0.29, 0.717) is 42.4 Å². The van der Waals surface area contributed by atoms with Crippen molar-refractivity contribution in [3.05, 3.63) is 23.2 Å². The SMILES string of the molecule is COc1ccc(Cl)cc1NC(=O)N1CCC(O)CC1. The number of amides is 2. The molecule has 0 bridgehead atoms. The zero-order valence-corrected chi connectivity index (χ0v) is 11.5. The van der Waals surface area contributed by atoms with Crippen LogP contribution in [-0.2, 0) is 0 Å². The lowest BCUT2D eigenvalue weighted by Crippen LogP contribution is -2.42. The highest BCUT2D eigenvalue weighted by atomic mass is 35.5. The van der Waals surface area contributed by atoms with E-state index in [-0.39, 0.29) is 12.1 Å². The normalized spacial score (nSPS) is 16.3. The molecule has 1 aliphatic heterocycles. The second kappa shape index (κ2) is 6.12. The monoisotopic (exact) mass is 284 g/mol. The van der Waals surface area contributed by atoms with Crippen LogP contribution in [0.1, 0.15) is 12.8 Å². The molecule has 0 atom stereocenters. The van der Waals surface area contributed by atoms with Crippen LogP contribution in [0.15, 0.2) is 18.2 Å². The first-order valence-electron chi connectivity index (χ1n) is 6.17. The number of aliphatic hydroxyl groups excluding tert-OH is 1. The first kappa shape index (κ1) is 14.0. The number of carbonyl (C=O) groups is 1. The topological polar surface area (TPSA) is 61.8 Å². The molecular formula is C13H17ClN2O3. The van der Waals surface area contributed by atoms with Gasteiger partial charge in [-0.1, -0.05) is 11.6 Å². The molecule has 0 spiro atoms. The van der Waals surface area contributed by atoms with Crippen molar-refractivity contribution >= 4 is 23.3 Å². The van der Waals surface area contributed by atoms with Gasteiger partial charge in [0.25, 0.3) is 0 Å². The number of aliphatic hydroxyl groups is 1. The standard InChI is InChI=1S/C13H17ClN2O3/c1-19-12-3-2-9(14)8-11(12)15-13(18)16-6-4-10(17)5-7-16/h2-3,8,10,17H,4-7H2,1H3,(H,15,18). The first-order chi connectivity index (χ1) is 9.10. The van der Waals surface area contributed by atoms with E-state index in [9.17, 15) is 9.90 Å². The molecule has 2 amide bonds. The third kappa shape index (κ3) is 3.52. The van der Waals surface area contributed by atoms with E-state index in [4.69, 9.17) is 16.3 Å². The molecule has 104 valence electrons. The van der Waals surface area contributed by atoms with Crippen LogP contribution >= 0.6 is 11.6 Å². The van der Waals surface area contributed by atoms with Crippen LogP contribution in [0.5, 0.6) is 5.75 Å². The van der Waals surface area contributed by atoms with E-state index < -0.39 is 0 Å². The molecule has 0 aliphatic carbocycles. The third-order valence-electron chi connectivity index (χ3n) is 3.15. The number of piperidine rings is 1. The molecule has 0 radical (unpaired) electrons. The Hall–Kier alpha value is -1.46. The van der Waals surface area contributed by atoms with Gasteiger partial charge in [0.15, 0.2) is 0 Å². The van der Waals surface area contributed by atoms with E-state index in [1.54, 1.807) is 23.1 Å². The van der Waals surface area contributed by atoms with Gasteiger partial charge in [0.2, 0.25) is 0 Å². The van der Waals surface area contributed by atoms with Gasteiger partial charge in [-0.25, -0.2) is 4.79 Å². The van der Waals surface area contributed by atoms with Crippen molar-refractivity contribution in [2.45, 2.75) is 18.9 Å². The largest absolute Gasteiger partial charge is 0.495 e. The van der Waals surface area contributed by atoms with Gasteiger partial charge in [-0.2, -0.15) is 0 Å². The molecule has 0 unspecified atom stereocenters. The van der Waals surface area contributed by atoms with E-state index in [1.807, 2.05) is 0 Å². The second-order valence-electron chi connectivity index (χ2n) is 4.49. The van der Waals surface area contributed by atoms with E-state index in [2.05, 4.69) is 5.32 Å². The molecule has 6 heteroatoms.